The van der Waals surface area contributed by atoms with Gasteiger partial charge >= 0.3 is 12.2 Å². The average Bonchev–Trinajstić information content (AvgIpc) is 3.34. The van der Waals surface area contributed by atoms with Gasteiger partial charge in [-0.2, -0.15) is 13.2 Å². The number of rotatable bonds is 5. The normalized spacial score (nSPS) is 18.1. The van der Waals surface area contributed by atoms with Crippen LogP contribution in [0.1, 0.15) is 27.3 Å². The third-order valence-corrected chi connectivity index (χ3v) is 5.20. The lowest BCUT2D eigenvalue weighted by Crippen LogP contribution is -2.52. The summed E-state index contributed by atoms with van der Waals surface area (Å²) in [7, 11) is 0. The number of carbonyl (C=O) groups is 3. The Kier molecular flexibility index (Phi) is 5.36. The van der Waals surface area contributed by atoms with E-state index in [1.807, 2.05) is 0 Å². The third kappa shape index (κ3) is 4.02. The lowest BCUT2D eigenvalue weighted by molar-refractivity contribution is -0.141. The van der Waals surface area contributed by atoms with Gasteiger partial charge in [0.05, 0.1) is 17.8 Å². The molecule has 3 N–H and O–H groups in total. The van der Waals surface area contributed by atoms with Crippen LogP contribution in [0.3, 0.4) is 0 Å². The summed E-state index contributed by atoms with van der Waals surface area (Å²) >= 11 is 0. The van der Waals surface area contributed by atoms with E-state index in [0.717, 1.165) is 12.3 Å². The Morgan fingerprint density at radius 3 is 2.52 bits per heavy atom. The topological polar surface area (TPSA) is 126 Å². The molecule has 12 heteroatoms. The van der Waals surface area contributed by atoms with Crippen molar-refractivity contribution >= 4 is 17.8 Å². The van der Waals surface area contributed by atoms with E-state index in [-0.39, 0.29) is 17.7 Å². The van der Waals surface area contributed by atoms with Crippen LogP contribution in [0.25, 0.3) is 11.1 Å². The Morgan fingerprint density at radius 1 is 1.18 bits per heavy atom. The van der Waals surface area contributed by atoms with E-state index in [1.165, 1.54) is 18.4 Å². The number of imide groups is 1. The molecule has 4 amide bonds. The number of carbonyl (C=O) groups excluding carboxylic acids is 3. The zero-order valence-electron chi connectivity index (χ0n) is 17.0. The molecule has 0 saturated carbocycles. The first-order valence-electron chi connectivity index (χ1n) is 9.58. The Hall–Kier alpha value is -4.22. The minimum atomic E-state index is -4.59. The lowest BCUT2D eigenvalue weighted by Gasteiger charge is -2.25. The predicted molar refractivity (Wildman–Crippen MR) is 107 cm³/mol. The van der Waals surface area contributed by atoms with Gasteiger partial charge in [0.15, 0.2) is 5.54 Å². The number of benzene rings is 1. The molecule has 2 aromatic heterocycles. The van der Waals surface area contributed by atoms with Crippen LogP contribution in [-0.4, -0.2) is 34.5 Å². The van der Waals surface area contributed by atoms with Crippen LogP contribution in [0.4, 0.5) is 18.0 Å². The molecule has 1 unspecified atom stereocenters. The molecule has 3 heterocycles. The molecule has 0 aliphatic carbocycles. The van der Waals surface area contributed by atoms with Gasteiger partial charge in [0.1, 0.15) is 12.0 Å². The lowest BCUT2D eigenvalue weighted by atomic mass is 9.90. The van der Waals surface area contributed by atoms with Crippen molar-refractivity contribution in [3.63, 3.8) is 0 Å². The number of urea groups is 1. The molecule has 1 fully saturated rings. The summed E-state index contributed by atoms with van der Waals surface area (Å²) in [6, 6.07) is 7.54. The number of alkyl halides is 3. The zero-order chi connectivity index (χ0) is 23.8. The molecule has 33 heavy (non-hydrogen) atoms. The molecule has 9 nitrogen and oxygen atoms in total. The highest BCUT2D eigenvalue weighted by atomic mass is 19.4. The number of pyridine rings is 1. The van der Waals surface area contributed by atoms with Gasteiger partial charge < -0.3 is 15.2 Å². The molecule has 0 radical (unpaired) electrons. The number of amides is 4. The fourth-order valence-corrected chi connectivity index (χ4v) is 3.56. The largest absolute Gasteiger partial charge is 0.433 e. The van der Waals surface area contributed by atoms with Crippen LogP contribution < -0.4 is 16.0 Å². The summed E-state index contributed by atoms with van der Waals surface area (Å²) in [5.41, 5.74) is -1.30. The summed E-state index contributed by atoms with van der Waals surface area (Å²) in [6.45, 7) is 1.25. The van der Waals surface area contributed by atoms with Gasteiger partial charge in [0, 0.05) is 17.3 Å². The quantitative estimate of drug-likeness (QED) is 0.504. The maximum atomic E-state index is 13.0. The fourth-order valence-electron chi connectivity index (χ4n) is 3.56. The van der Waals surface area contributed by atoms with Crippen molar-refractivity contribution < 1.29 is 32.1 Å². The maximum Gasteiger partial charge on any atom is 0.433 e. The smallest absolute Gasteiger partial charge is 0.364 e. The van der Waals surface area contributed by atoms with Crippen molar-refractivity contribution in [2.75, 3.05) is 6.54 Å². The molecule has 0 bridgehead atoms. The van der Waals surface area contributed by atoms with Crippen molar-refractivity contribution in [3.05, 3.63) is 71.4 Å². The van der Waals surface area contributed by atoms with Crippen LogP contribution in [0, 0.1) is 6.92 Å². The molecule has 1 aliphatic rings. The number of hydrogen-bond acceptors (Lipinski definition) is 6. The SMILES string of the molecule is Cc1nocc1C1(CNC(=O)c2ccccc2-c2ccc(C(F)(F)F)nc2)NC(=O)NC1=O. The van der Waals surface area contributed by atoms with E-state index in [1.54, 1.807) is 25.1 Å². The molecular formula is C21H16F3N5O4. The summed E-state index contributed by atoms with van der Waals surface area (Å²) < 4.78 is 43.3. The third-order valence-electron chi connectivity index (χ3n) is 5.20. The van der Waals surface area contributed by atoms with Crippen LogP contribution in [-0.2, 0) is 16.5 Å². The first-order chi connectivity index (χ1) is 15.6. The Labute approximate surface area is 184 Å². The van der Waals surface area contributed by atoms with Crippen LogP contribution in [0.2, 0.25) is 0 Å². The van der Waals surface area contributed by atoms with Gasteiger partial charge in [-0.25, -0.2) is 4.79 Å². The van der Waals surface area contributed by atoms with Gasteiger partial charge in [-0.3, -0.25) is 19.9 Å². The number of halogens is 3. The highest BCUT2D eigenvalue weighted by molar-refractivity contribution is 6.08. The Balaban J connectivity index is 1.61. The zero-order valence-corrected chi connectivity index (χ0v) is 17.0. The van der Waals surface area contributed by atoms with E-state index in [0.29, 0.717) is 16.8 Å². The molecular weight excluding hydrogens is 443 g/mol. The molecule has 3 aromatic rings. The summed E-state index contributed by atoms with van der Waals surface area (Å²) in [5, 5.41) is 11.0. The van der Waals surface area contributed by atoms with E-state index >= 15 is 0 Å². The number of aromatic nitrogens is 2. The molecule has 1 aromatic carbocycles. The van der Waals surface area contributed by atoms with Crippen molar-refractivity contribution in [3.8, 4) is 11.1 Å². The molecule has 1 aliphatic heterocycles. The maximum absolute atomic E-state index is 13.0. The minimum absolute atomic E-state index is 0.140. The van der Waals surface area contributed by atoms with E-state index < -0.39 is 35.3 Å². The first kappa shape index (κ1) is 22.0. The second-order valence-corrected chi connectivity index (χ2v) is 7.29. The number of aryl methyl sites for hydroxylation is 1. The molecule has 170 valence electrons. The van der Waals surface area contributed by atoms with Crippen LogP contribution in [0.15, 0.2) is 53.4 Å². The number of nitrogens with zero attached hydrogens (tertiary/aromatic N) is 2. The van der Waals surface area contributed by atoms with E-state index in [9.17, 15) is 27.6 Å². The van der Waals surface area contributed by atoms with Gasteiger partial charge in [0.2, 0.25) is 0 Å². The summed E-state index contributed by atoms with van der Waals surface area (Å²) in [6.07, 6.45) is -2.35. The van der Waals surface area contributed by atoms with Crippen LogP contribution >= 0.6 is 0 Å². The van der Waals surface area contributed by atoms with Crippen LogP contribution in [0.5, 0.6) is 0 Å². The van der Waals surface area contributed by atoms with E-state index in [4.69, 9.17) is 4.52 Å². The first-order valence-corrected chi connectivity index (χ1v) is 9.58. The van der Waals surface area contributed by atoms with Gasteiger partial charge in [-0.1, -0.05) is 29.4 Å². The fraction of sp³-hybridized carbons (Fsp3) is 0.190. The standard InChI is InChI=1S/C21H16F3N5O4/c1-11-15(9-33-29-11)20(18(31)27-19(32)28-20)10-26-17(30)14-5-3-2-4-13(14)12-6-7-16(25-8-12)21(22,23)24/h2-9H,10H2,1H3,(H,26,30)(H2,27,28,31,32). The van der Waals surface area contributed by atoms with Crippen molar-refractivity contribution in [2.45, 2.75) is 18.6 Å². The average molecular weight is 459 g/mol. The molecule has 4 rings (SSSR count). The monoisotopic (exact) mass is 459 g/mol. The Bertz CT molecular complexity index is 1240. The van der Waals surface area contributed by atoms with Crippen molar-refractivity contribution in [2.24, 2.45) is 0 Å². The highest BCUT2D eigenvalue weighted by Crippen LogP contribution is 2.31. The van der Waals surface area contributed by atoms with Crippen molar-refractivity contribution in [1.29, 1.82) is 0 Å². The number of hydrogen-bond donors (Lipinski definition) is 3. The summed E-state index contributed by atoms with van der Waals surface area (Å²) in [4.78, 5) is 40.9. The molecule has 1 atom stereocenters. The van der Waals surface area contributed by atoms with Gasteiger partial charge in [-0.05, 0) is 24.6 Å². The second kappa shape index (κ2) is 8.04. The summed E-state index contributed by atoms with van der Waals surface area (Å²) in [5.74, 6) is -1.31. The number of nitrogens with one attached hydrogen (secondary N) is 3. The predicted octanol–water partition coefficient (Wildman–Crippen LogP) is 2.53. The van der Waals surface area contributed by atoms with Gasteiger partial charge in [-0.15, -0.1) is 0 Å². The van der Waals surface area contributed by atoms with E-state index in [2.05, 4.69) is 26.1 Å². The van der Waals surface area contributed by atoms with Crippen molar-refractivity contribution in [1.82, 2.24) is 26.1 Å². The van der Waals surface area contributed by atoms with Gasteiger partial charge in [0.25, 0.3) is 11.8 Å². The molecule has 1 saturated heterocycles. The minimum Gasteiger partial charge on any atom is -0.364 e. The second-order valence-electron chi connectivity index (χ2n) is 7.29. The Morgan fingerprint density at radius 2 is 1.94 bits per heavy atom. The molecule has 0 spiro atoms. The highest BCUT2D eigenvalue weighted by Gasteiger charge is 2.50.